The fourth-order valence-electron chi connectivity index (χ4n) is 2.61. The molecule has 0 spiro atoms. The molecule has 0 unspecified atom stereocenters. The smallest absolute Gasteiger partial charge is 0.225 e. The van der Waals surface area contributed by atoms with Gasteiger partial charge in [0.2, 0.25) is 5.95 Å². The number of aromatic nitrogens is 2. The summed E-state index contributed by atoms with van der Waals surface area (Å²) in [7, 11) is 2.15. The third-order valence-corrected chi connectivity index (χ3v) is 4.44. The SMILES string of the molecule is CN1CCN(c2ncc(CNCCCC(C)(C)CO)cn2)CC1. The van der Waals surface area contributed by atoms with Crippen molar-refractivity contribution in [2.75, 3.05) is 51.3 Å². The van der Waals surface area contributed by atoms with Gasteiger partial charge in [-0.05, 0) is 31.8 Å². The summed E-state index contributed by atoms with van der Waals surface area (Å²) in [5.74, 6) is 0.839. The standard InChI is InChI=1S/C17H31N5O/c1-17(2,14-23)5-4-6-18-11-15-12-19-16(20-13-15)22-9-7-21(3)8-10-22/h12-13,18,23H,4-11,14H2,1-3H3. The average Bonchev–Trinajstić information content (AvgIpc) is 2.56. The Kier molecular flexibility index (Phi) is 6.74. The largest absolute Gasteiger partial charge is 0.396 e. The van der Waals surface area contributed by atoms with E-state index in [9.17, 15) is 5.11 Å². The molecule has 1 aromatic heterocycles. The second kappa shape index (κ2) is 8.57. The zero-order valence-electron chi connectivity index (χ0n) is 14.8. The van der Waals surface area contributed by atoms with Gasteiger partial charge in [-0.15, -0.1) is 0 Å². The Morgan fingerprint density at radius 2 is 1.83 bits per heavy atom. The lowest BCUT2D eigenvalue weighted by atomic mass is 9.89. The molecular formula is C17H31N5O. The normalized spacial score (nSPS) is 16.8. The molecule has 0 aromatic carbocycles. The van der Waals surface area contributed by atoms with Gasteiger partial charge in [-0.3, -0.25) is 0 Å². The van der Waals surface area contributed by atoms with Gasteiger partial charge in [0.1, 0.15) is 0 Å². The molecule has 0 saturated carbocycles. The van der Waals surface area contributed by atoms with Crippen LogP contribution < -0.4 is 10.2 Å². The monoisotopic (exact) mass is 321 g/mol. The Balaban J connectivity index is 1.69. The van der Waals surface area contributed by atoms with E-state index < -0.39 is 0 Å². The van der Waals surface area contributed by atoms with E-state index in [2.05, 4.69) is 46.0 Å². The summed E-state index contributed by atoms with van der Waals surface area (Å²) in [6.45, 7) is 10.3. The molecule has 1 saturated heterocycles. The molecule has 6 heteroatoms. The maximum absolute atomic E-state index is 9.23. The van der Waals surface area contributed by atoms with Gasteiger partial charge in [-0.2, -0.15) is 0 Å². The van der Waals surface area contributed by atoms with Crippen LogP contribution in [0.25, 0.3) is 0 Å². The van der Waals surface area contributed by atoms with Crippen molar-refractivity contribution in [3.8, 4) is 0 Å². The Bertz CT molecular complexity index is 455. The van der Waals surface area contributed by atoms with Crippen molar-refractivity contribution in [1.29, 1.82) is 0 Å². The van der Waals surface area contributed by atoms with Crippen LogP contribution in [-0.2, 0) is 6.54 Å². The van der Waals surface area contributed by atoms with Gasteiger partial charge in [-0.25, -0.2) is 9.97 Å². The van der Waals surface area contributed by atoms with E-state index >= 15 is 0 Å². The summed E-state index contributed by atoms with van der Waals surface area (Å²) in [6.07, 6.45) is 5.93. The second-order valence-corrected chi connectivity index (χ2v) is 7.28. The maximum Gasteiger partial charge on any atom is 0.225 e. The van der Waals surface area contributed by atoms with E-state index in [-0.39, 0.29) is 12.0 Å². The number of anilines is 1. The first kappa shape index (κ1) is 18.1. The fourth-order valence-corrected chi connectivity index (χ4v) is 2.61. The van der Waals surface area contributed by atoms with Crippen molar-refractivity contribution in [1.82, 2.24) is 20.2 Å². The van der Waals surface area contributed by atoms with Gasteiger partial charge < -0.3 is 20.2 Å². The molecule has 2 rings (SSSR count). The predicted octanol–water partition coefficient (Wildman–Crippen LogP) is 1.12. The molecule has 2 N–H and O–H groups in total. The van der Waals surface area contributed by atoms with Crippen LogP contribution in [0.1, 0.15) is 32.3 Å². The summed E-state index contributed by atoms with van der Waals surface area (Å²) >= 11 is 0. The van der Waals surface area contributed by atoms with Gasteiger partial charge >= 0.3 is 0 Å². The van der Waals surface area contributed by atoms with E-state index in [1.165, 1.54) is 0 Å². The predicted molar refractivity (Wildman–Crippen MR) is 93.5 cm³/mol. The minimum Gasteiger partial charge on any atom is -0.396 e. The zero-order chi connectivity index (χ0) is 16.7. The Morgan fingerprint density at radius 3 is 2.43 bits per heavy atom. The van der Waals surface area contributed by atoms with E-state index in [0.717, 1.165) is 63.6 Å². The first-order valence-corrected chi connectivity index (χ1v) is 8.56. The quantitative estimate of drug-likeness (QED) is 0.700. The number of hydrogen-bond acceptors (Lipinski definition) is 6. The Morgan fingerprint density at radius 1 is 1.17 bits per heavy atom. The summed E-state index contributed by atoms with van der Waals surface area (Å²) in [4.78, 5) is 13.6. The molecular weight excluding hydrogens is 290 g/mol. The zero-order valence-corrected chi connectivity index (χ0v) is 14.8. The van der Waals surface area contributed by atoms with Crippen LogP contribution in [0.15, 0.2) is 12.4 Å². The van der Waals surface area contributed by atoms with Crippen LogP contribution in [0.5, 0.6) is 0 Å². The molecule has 0 amide bonds. The number of hydrogen-bond donors (Lipinski definition) is 2. The van der Waals surface area contributed by atoms with Gasteiger partial charge in [0.05, 0.1) is 0 Å². The summed E-state index contributed by atoms with van der Waals surface area (Å²) in [5.41, 5.74) is 1.14. The number of aliphatic hydroxyl groups is 1. The maximum atomic E-state index is 9.23. The van der Waals surface area contributed by atoms with Crippen molar-refractivity contribution in [2.45, 2.75) is 33.2 Å². The number of nitrogens with zero attached hydrogens (tertiary/aromatic N) is 4. The van der Waals surface area contributed by atoms with Crippen LogP contribution in [0.3, 0.4) is 0 Å². The Labute approximate surface area is 139 Å². The minimum atomic E-state index is 0.0228. The molecule has 0 atom stereocenters. The van der Waals surface area contributed by atoms with Crippen LogP contribution in [0.4, 0.5) is 5.95 Å². The lowest BCUT2D eigenvalue weighted by molar-refractivity contribution is 0.148. The number of rotatable bonds is 8. The van der Waals surface area contributed by atoms with Gasteiger partial charge in [0.25, 0.3) is 0 Å². The minimum absolute atomic E-state index is 0.0228. The van der Waals surface area contributed by atoms with Crippen LogP contribution in [0, 0.1) is 5.41 Å². The van der Waals surface area contributed by atoms with E-state index in [1.807, 2.05) is 12.4 Å². The highest BCUT2D eigenvalue weighted by molar-refractivity contribution is 5.30. The molecule has 130 valence electrons. The molecule has 0 radical (unpaired) electrons. The van der Waals surface area contributed by atoms with Crippen molar-refractivity contribution in [3.05, 3.63) is 18.0 Å². The molecule has 1 fully saturated rings. The fraction of sp³-hybridized carbons (Fsp3) is 0.765. The molecule has 6 nitrogen and oxygen atoms in total. The van der Waals surface area contributed by atoms with Crippen molar-refractivity contribution >= 4 is 5.95 Å². The van der Waals surface area contributed by atoms with Crippen LogP contribution in [-0.4, -0.2) is 66.4 Å². The first-order chi connectivity index (χ1) is 11.0. The van der Waals surface area contributed by atoms with E-state index in [1.54, 1.807) is 0 Å². The molecule has 23 heavy (non-hydrogen) atoms. The lowest BCUT2D eigenvalue weighted by Crippen LogP contribution is -2.45. The van der Waals surface area contributed by atoms with Gasteiger partial charge in [0.15, 0.2) is 0 Å². The summed E-state index contributed by atoms with van der Waals surface area (Å²) < 4.78 is 0. The molecule has 1 aliphatic rings. The molecule has 1 aliphatic heterocycles. The topological polar surface area (TPSA) is 64.5 Å². The molecule has 0 aliphatic carbocycles. The average molecular weight is 321 g/mol. The third kappa shape index (κ3) is 6.05. The lowest BCUT2D eigenvalue weighted by Gasteiger charge is -2.32. The Hall–Kier alpha value is -1.24. The molecule has 2 heterocycles. The molecule has 1 aromatic rings. The highest BCUT2D eigenvalue weighted by Crippen LogP contribution is 2.20. The van der Waals surface area contributed by atoms with E-state index in [4.69, 9.17) is 0 Å². The second-order valence-electron chi connectivity index (χ2n) is 7.28. The van der Waals surface area contributed by atoms with Crippen LogP contribution >= 0.6 is 0 Å². The number of nitrogens with one attached hydrogen (secondary N) is 1. The number of likely N-dealkylation sites (N-methyl/N-ethyl adjacent to an activating group) is 1. The number of aliphatic hydroxyl groups excluding tert-OH is 1. The van der Waals surface area contributed by atoms with E-state index in [0.29, 0.717) is 0 Å². The van der Waals surface area contributed by atoms with Crippen LogP contribution in [0.2, 0.25) is 0 Å². The highest BCUT2D eigenvalue weighted by atomic mass is 16.3. The first-order valence-electron chi connectivity index (χ1n) is 8.56. The number of piperazine rings is 1. The van der Waals surface area contributed by atoms with Crippen molar-refractivity contribution in [3.63, 3.8) is 0 Å². The van der Waals surface area contributed by atoms with Crippen molar-refractivity contribution < 1.29 is 5.11 Å². The summed E-state index contributed by atoms with van der Waals surface area (Å²) in [6, 6.07) is 0. The third-order valence-electron chi connectivity index (χ3n) is 4.44. The molecule has 0 bridgehead atoms. The highest BCUT2D eigenvalue weighted by Gasteiger charge is 2.16. The van der Waals surface area contributed by atoms with Gasteiger partial charge in [0, 0.05) is 57.3 Å². The summed E-state index contributed by atoms with van der Waals surface area (Å²) in [5, 5.41) is 12.7. The van der Waals surface area contributed by atoms with Crippen molar-refractivity contribution in [2.24, 2.45) is 5.41 Å². The van der Waals surface area contributed by atoms with Gasteiger partial charge in [-0.1, -0.05) is 13.8 Å².